The molecule has 3 nitrogen and oxygen atoms in total. The summed E-state index contributed by atoms with van der Waals surface area (Å²) in [7, 11) is 3.23. The molecule has 0 atom stereocenters. The Morgan fingerprint density at radius 2 is 1.88 bits per heavy atom. The molecule has 17 heavy (non-hydrogen) atoms. The molecular weight excluding hydrogens is 282 g/mol. The zero-order chi connectivity index (χ0) is 13.0. The highest BCUT2D eigenvalue weighted by atomic mass is 79.9. The van der Waals surface area contributed by atoms with Crippen molar-refractivity contribution in [1.29, 1.82) is 5.26 Å². The Morgan fingerprint density at radius 3 is 2.29 bits per heavy atom. The first-order valence-electron chi connectivity index (χ1n) is 5.37. The van der Waals surface area contributed by atoms with Gasteiger partial charge in [0.15, 0.2) is 0 Å². The fraction of sp³-hybridized carbons (Fsp3) is 0.462. The molecule has 0 saturated carbocycles. The first-order chi connectivity index (χ1) is 8.06. The minimum Gasteiger partial charge on any atom is -0.495 e. The van der Waals surface area contributed by atoms with Crippen LogP contribution in [0.1, 0.15) is 30.9 Å². The Labute approximate surface area is 110 Å². The number of ether oxygens (including phenoxy) is 2. The van der Waals surface area contributed by atoms with Crippen LogP contribution in [0, 0.1) is 11.3 Å². The fourth-order valence-electron chi connectivity index (χ4n) is 1.76. The second-order valence-electron chi connectivity index (χ2n) is 3.99. The molecule has 1 aromatic rings. The molecule has 0 radical (unpaired) electrons. The predicted octanol–water partition coefficient (Wildman–Crippen LogP) is 3.66. The average Bonchev–Trinajstić information content (AvgIpc) is 2.29. The van der Waals surface area contributed by atoms with Gasteiger partial charge in [-0.3, -0.25) is 0 Å². The summed E-state index contributed by atoms with van der Waals surface area (Å²) in [5.74, 6) is 1.77. The van der Waals surface area contributed by atoms with Gasteiger partial charge in [-0.05, 0) is 33.5 Å². The van der Waals surface area contributed by atoms with Crippen molar-refractivity contribution >= 4 is 15.9 Å². The second-order valence-corrected chi connectivity index (χ2v) is 4.79. The minimum absolute atomic E-state index is 0.324. The fourth-order valence-corrected chi connectivity index (χ4v) is 2.57. The van der Waals surface area contributed by atoms with Crippen molar-refractivity contribution in [2.24, 2.45) is 0 Å². The van der Waals surface area contributed by atoms with Crippen LogP contribution in [-0.2, 0) is 6.42 Å². The molecule has 0 spiro atoms. The highest BCUT2D eigenvalue weighted by Crippen LogP contribution is 2.42. The molecule has 0 fully saturated rings. The lowest BCUT2D eigenvalue weighted by Crippen LogP contribution is -2.01. The van der Waals surface area contributed by atoms with Gasteiger partial charge in [0.25, 0.3) is 0 Å². The lowest BCUT2D eigenvalue weighted by atomic mass is 9.98. The van der Waals surface area contributed by atoms with Crippen molar-refractivity contribution in [3.05, 3.63) is 21.7 Å². The minimum atomic E-state index is 0.324. The molecule has 0 aliphatic rings. The molecule has 0 aliphatic carbocycles. The average molecular weight is 298 g/mol. The van der Waals surface area contributed by atoms with Crippen LogP contribution in [0.25, 0.3) is 0 Å². The van der Waals surface area contributed by atoms with Gasteiger partial charge in [-0.2, -0.15) is 5.26 Å². The van der Waals surface area contributed by atoms with E-state index in [4.69, 9.17) is 14.7 Å². The predicted molar refractivity (Wildman–Crippen MR) is 70.7 cm³/mol. The summed E-state index contributed by atoms with van der Waals surface area (Å²) in [6.07, 6.45) is 0.325. The number of benzene rings is 1. The van der Waals surface area contributed by atoms with Crippen LogP contribution in [0.4, 0.5) is 0 Å². The number of rotatable bonds is 4. The van der Waals surface area contributed by atoms with Crippen molar-refractivity contribution in [2.45, 2.75) is 26.2 Å². The van der Waals surface area contributed by atoms with E-state index in [1.165, 1.54) is 0 Å². The van der Waals surface area contributed by atoms with E-state index in [-0.39, 0.29) is 0 Å². The van der Waals surface area contributed by atoms with E-state index in [9.17, 15) is 0 Å². The first-order valence-corrected chi connectivity index (χ1v) is 6.16. The highest BCUT2D eigenvalue weighted by Gasteiger charge is 2.19. The third-order valence-corrected chi connectivity index (χ3v) is 3.30. The molecule has 0 amide bonds. The molecule has 0 N–H and O–H groups in total. The van der Waals surface area contributed by atoms with Gasteiger partial charge in [0, 0.05) is 5.56 Å². The molecule has 0 unspecified atom stereocenters. The van der Waals surface area contributed by atoms with Gasteiger partial charge in [0.2, 0.25) is 0 Å². The molecular formula is C13H16BrNO2. The number of nitriles is 1. The topological polar surface area (TPSA) is 42.2 Å². The SMILES string of the molecule is COc1c(CC#N)cc(C(C)C)c(OC)c1Br. The summed E-state index contributed by atoms with van der Waals surface area (Å²) in [6, 6.07) is 4.13. The summed E-state index contributed by atoms with van der Waals surface area (Å²) in [5.41, 5.74) is 1.96. The van der Waals surface area contributed by atoms with Crippen LogP contribution < -0.4 is 9.47 Å². The Bertz CT molecular complexity index is 450. The Hall–Kier alpha value is -1.21. The van der Waals surface area contributed by atoms with Gasteiger partial charge in [-0.15, -0.1) is 0 Å². The van der Waals surface area contributed by atoms with Crippen LogP contribution in [0.5, 0.6) is 11.5 Å². The zero-order valence-corrected chi connectivity index (χ0v) is 12.1. The smallest absolute Gasteiger partial charge is 0.141 e. The van der Waals surface area contributed by atoms with E-state index in [0.717, 1.165) is 21.3 Å². The molecule has 0 saturated heterocycles. The molecule has 4 heteroatoms. The van der Waals surface area contributed by atoms with Gasteiger partial charge >= 0.3 is 0 Å². The summed E-state index contributed by atoms with van der Waals surface area (Å²) in [6.45, 7) is 4.18. The molecule has 1 aromatic carbocycles. The van der Waals surface area contributed by atoms with E-state index in [2.05, 4.69) is 35.8 Å². The molecule has 0 heterocycles. The van der Waals surface area contributed by atoms with Crippen LogP contribution in [-0.4, -0.2) is 14.2 Å². The van der Waals surface area contributed by atoms with Crippen molar-refractivity contribution in [3.63, 3.8) is 0 Å². The normalized spacial score (nSPS) is 10.2. The largest absolute Gasteiger partial charge is 0.495 e. The lowest BCUT2D eigenvalue weighted by molar-refractivity contribution is 0.382. The van der Waals surface area contributed by atoms with Crippen LogP contribution in [0.15, 0.2) is 10.5 Å². The summed E-state index contributed by atoms with van der Waals surface area (Å²) < 4.78 is 11.5. The number of hydrogen-bond donors (Lipinski definition) is 0. The number of methoxy groups -OCH3 is 2. The maximum Gasteiger partial charge on any atom is 0.141 e. The van der Waals surface area contributed by atoms with E-state index in [1.807, 2.05) is 6.07 Å². The van der Waals surface area contributed by atoms with E-state index in [1.54, 1.807) is 14.2 Å². The van der Waals surface area contributed by atoms with Gasteiger partial charge in [0.1, 0.15) is 16.0 Å². The standard InChI is InChI=1S/C13H16BrNO2/c1-8(2)10-7-9(5-6-15)12(16-3)11(14)13(10)17-4/h7-8H,5H2,1-4H3. The zero-order valence-electron chi connectivity index (χ0n) is 10.5. The Kier molecular flexibility index (Phi) is 4.83. The van der Waals surface area contributed by atoms with E-state index >= 15 is 0 Å². The van der Waals surface area contributed by atoms with Gasteiger partial charge in [0.05, 0.1) is 26.7 Å². The van der Waals surface area contributed by atoms with Crippen molar-refractivity contribution in [2.75, 3.05) is 14.2 Å². The molecule has 1 rings (SSSR count). The molecule has 0 aliphatic heterocycles. The number of halogens is 1. The summed E-state index contributed by atoms with van der Waals surface area (Å²) in [5, 5.41) is 8.83. The quantitative estimate of drug-likeness (QED) is 0.852. The Morgan fingerprint density at radius 1 is 1.29 bits per heavy atom. The van der Waals surface area contributed by atoms with Crippen LogP contribution in [0.3, 0.4) is 0 Å². The third kappa shape index (κ3) is 2.73. The van der Waals surface area contributed by atoms with Crippen LogP contribution >= 0.6 is 15.9 Å². The Balaban J connectivity index is 3.49. The first kappa shape index (κ1) is 13.9. The van der Waals surface area contributed by atoms with Crippen molar-refractivity contribution in [3.8, 4) is 17.6 Å². The van der Waals surface area contributed by atoms with Crippen molar-refractivity contribution < 1.29 is 9.47 Å². The lowest BCUT2D eigenvalue weighted by Gasteiger charge is -2.18. The molecule has 92 valence electrons. The van der Waals surface area contributed by atoms with E-state index < -0.39 is 0 Å². The van der Waals surface area contributed by atoms with Gasteiger partial charge in [-0.25, -0.2) is 0 Å². The van der Waals surface area contributed by atoms with E-state index in [0.29, 0.717) is 18.1 Å². The summed E-state index contributed by atoms with van der Waals surface area (Å²) in [4.78, 5) is 0. The number of nitrogens with zero attached hydrogens (tertiary/aromatic N) is 1. The molecule has 0 bridgehead atoms. The van der Waals surface area contributed by atoms with Crippen molar-refractivity contribution in [1.82, 2.24) is 0 Å². The molecule has 0 aromatic heterocycles. The van der Waals surface area contributed by atoms with Gasteiger partial charge < -0.3 is 9.47 Å². The highest BCUT2D eigenvalue weighted by molar-refractivity contribution is 9.10. The number of hydrogen-bond acceptors (Lipinski definition) is 3. The third-order valence-electron chi connectivity index (χ3n) is 2.58. The summed E-state index contributed by atoms with van der Waals surface area (Å²) >= 11 is 3.48. The maximum absolute atomic E-state index is 8.83. The monoisotopic (exact) mass is 297 g/mol. The maximum atomic E-state index is 8.83. The van der Waals surface area contributed by atoms with Gasteiger partial charge in [-0.1, -0.05) is 13.8 Å². The van der Waals surface area contributed by atoms with Crippen LogP contribution in [0.2, 0.25) is 0 Å². The second kappa shape index (κ2) is 5.92.